The number of aromatic amines is 1. The number of methoxy groups -OCH3 is 1. The van der Waals surface area contributed by atoms with E-state index in [1.165, 1.54) is 11.4 Å². The van der Waals surface area contributed by atoms with Gasteiger partial charge in [-0.05, 0) is 33.1 Å². The lowest BCUT2D eigenvalue weighted by molar-refractivity contribution is -0.152. The van der Waals surface area contributed by atoms with Crippen LogP contribution < -0.4 is 0 Å². The lowest BCUT2D eigenvalue weighted by atomic mass is 9.78. The molecule has 2 heterocycles. The highest BCUT2D eigenvalue weighted by Crippen LogP contribution is 2.37. The average Bonchev–Trinajstić information content (AvgIpc) is 2.84. The van der Waals surface area contributed by atoms with Gasteiger partial charge in [0.25, 0.3) is 0 Å². The molecular formula is C14H23N3O5S. The number of carboxylic acid groups (broad SMARTS) is 1. The molecule has 1 aliphatic rings. The molecule has 0 aromatic carbocycles. The Kier molecular flexibility index (Phi) is 5.12. The summed E-state index contributed by atoms with van der Waals surface area (Å²) in [5.74, 6) is -0.977. The Morgan fingerprint density at radius 1 is 1.48 bits per heavy atom. The van der Waals surface area contributed by atoms with E-state index in [1.54, 1.807) is 13.8 Å². The van der Waals surface area contributed by atoms with Crippen LogP contribution in [0.2, 0.25) is 0 Å². The average molecular weight is 345 g/mol. The third-order valence-corrected chi connectivity index (χ3v) is 6.55. The first-order valence-corrected chi connectivity index (χ1v) is 8.93. The van der Waals surface area contributed by atoms with Crippen molar-refractivity contribution in [3.05, 3.63) is 11.4 Å². The highest BCUT2D eigenvalue weighted by Gasteiger charge is 2.46. The molecule has 130 valence electrons. The van der Waals surface area contributed by atoms with Gasteiger partial charge >= 0.3 is 5.97 Å². The maximum absolute atomic E-state index is 12.9. The standard InChI is InChI=1S/C14H23N3O5S/c1-10-12(11(2)16-15-10)23(20,21)17-7-4-5-14(9-17,13(18)19)6-8-22-3/h4-9H2,1-3H3,(H,15,16)(H,18,19)/t14-/m0/s1. The largest absolute Gasteiger partial charge is 0.481 e. The van der Waals surface area contributed by atoms with Gasteiger partial charge in [-0.3, -0.25) is 9.89 Å². The number of piperidine rings is 1. The van der Waals surface area contributed by atoms with E-state index in [0.29, 0.717) is 30.8 Å². The lowest BCUT2D eigenvalue weighted by Crippen LogP contribution is -2.50. The Morgan fingerprint density at radius 3 is 2.70 bits per heavy atom. The summed E-state index contributed by atoms with van der Waals surface area (Å²) in [5.41, 5.74) is -0.246. The van der Waals surface area contributed by atoms with Crippen molar-refractivity contribution >= 4 is 16.0 Å². The van der Waals surface area contributed by atoms with Gasteiger partial charge in [-0.2, -0.15) is 9.40 Å². The number of hydrogen-bond acceptors (Lipinski definition) is 5. The molecule has 2 N–H and O–H groups in total. The molecule has 2 rings (SSSR count). The highest BCUT2D eigenvalue weighted by molar-refractivity contribution is 7.89. The van der Waals surface area contributed by atoms with Crippen LogP contribution in [0.3, 0.4) is 0 Å². The molecule has 0 aliphatic carbocycles. The molecule has 1 aliphatic heterocycles. The summed E-state index contributed by atoms with van der Waals surface area (Å²) in [7, 11) is -2.27. The molecule has 1 saturated heterocycles. The molecule has 0 bridgehead atoms. The van der Waals surface area contributed by atoms with E-state index >= 15 is 0 Å². The molecule has 1 fully saturated rings. The van der Waals surface area contributed by atoms with Crippen molar-refractivity contribution in [2.24, 2.45) is 5.41 Å². The van der Waals surface area contributed by atoms with Crippen molar-refractivity contribution in [3.8, 4) is 0 Å². The molecule has 8 nitrogen and oxygen atoms in total. The number of carbonyl (C=O) groups is 1. The van der Waals surface area contributed by atoms with Crippen molar-refractivity contribution in [2.75, 3.05) is 26.8 Å². The minimum Gasteiger partial charge on any atom is -0.481 e. The van der Waals surface area contributed by atoms with E-state index in [1.807, 2.05) is 0 Å². The molecular weight excluding hydrogens is 322 g/mol. The van der Waals surface area contributed by atoms with E-state index in [9.17, 15) is 18.3 Å². The van der Waals surface area contributed by atoms with E-state index in [4.69, 9.17) is 4.74 Å². The smallest absolute Gasteiger partial charge is 0.311 e. The van der Waals surface area contributed by atoms with Gasteiger partial charge in [0, 0.05) is 26.8 Å². The van der Waals surface area contributed by atoms with Crippen LogP contribution >= 0.6 is 0 Å². The monoisotopic (exact) mass is 345 g/mol. The van der Waals surface area contributed by atoms with Crippen LogP contribution in [-0.2, 0) is 19.6 Å². The Morgan fingerprint density at radius 2 is 2.17 bits per heavy atom. The molecule has 0 amide bonds. The molecule has 0 radical (unpaired) electrons. The van der Waals surface area contributed by atoms with E-state index < -0.39 is 21.4 Å². The van der Waals surface area contributed by atoms with Gasteiger partial charge in [0.1, 0.15) is 4.90 Å². The Bertz CT molecular complexity index is 665. The lowest BCUT2D eigenvalue weighted by Gasteiger charge is -2.39. The molecule has 0 saturated carbocycles. The zero-order valence-corrected chi connectivity index (χ0v) is 14.4. The van der Waals surface area contributed by atoms with Crippen LogP contribution in [0.5, 0.6) is 0 Å². The molecule has 1 aromatic heterocycles. The molecule has 0 spiro atoms. The van der Waals surface area contributed by atoms with Gasteiger partial charge in [-0.1, -0.05) is 0 Å². The Balaban J connectivity index is 2.35. The molecule has 1 aromatic rings. The fourth-order valence-corrected chi connectivity index (χ4v) is 5.02. The van der Waals surface area contributed by atoms with Crippen molar-refractivity contribution in [1.82, 2.24) is 14.5 Å². The second-order valence-corrected chi connectivity index (χ2v) is 7.91. The van der Waals surface area contributed by atoms with E-state index in [-0.39, 0.29) is 24.5 Å². The van der Waals surface area contributed by atoms with Gasteiger partial charge in [0.15, 0.2) is 0 Å². The summed E-state index contributed by atoms with van der Waals surface area (Å²) in [5, 5.41) is 16.2. The van der Waals surface area contributed by atoms with Crippen molar-refractivity contribution in [2.45, 2.75) is 38.0 Å². The predicted octanol–water partition coefficient (Wildman–Crippen LogP) is 0.919. The minimum atomic E-state index is -3.77. The number of sulfonamides is 1. The van der Waals surface area contributed by atoms with Crippen LogP contribution in [0.15, 0.2) is 4.90 Å². The molecule has 9 heteroatoms. The first-order chi connectivity index (χ1) is 10.7. The number of ether oxygens (including phenoxy) is 1. The first kappa shape index (κ1) is 17.9. The summed E-state index contributed by atoms with van der Waals surface area (Å²) in [4.78, 5) is 11.9. The van der Waals surface area contributed by atoms with Gasteiger partial charge in [-0.15, -0.1) is 0 Å². The van der Waals surface area contributed by atoms with Crippen LogP contribution in [0.25, 0.3) is 0 Å². The summed E-state index contributed by atoms with van der Waals surface area (Å²) >= 11 is 0. The summed E-state index contributed by atoms with van der Waals surface area (Å²) in [6, 6.07) is 0. The number of aryl methyl sites for hydroxylation is 2. The van der Waals surface area contributed by atoms with Crippen LogP contribution in [0.4, 0.5) is 0 Å². The number of rotatable bonds is 6. The maximum Gasteiger partial charge on any atom is 0.311 e. The number of aromatic nitrogens is 2. The number of H-pyrrole nitrogens is 1. The minimum absolute atomic E-state index is 0.0436. The quantitative estimate of drug-likeness (QED) is 0.793. The van der Waals surface area contributed by atoms with Crippen molar-refractivity contribution in [3.63, 3.8) is 0 Å². The van der Waals surface area contributed by atoms with Crippen molar-refractivity contribution in [1.29, 1.82) is 0 Å². The SMILES string of the molecule is COCC[C@@]1(C(=O)O)CCCN(S(=O)(=O)c2c(C)n[nH]c2C)C1. The number of nitrogens with one attached hydrogen (secondary N) is 1. The van der Waals surface area contributed by atoms with Gasteiger partial charge < -0.3 is 9.84 Å². The second kappa shape index (κ2) is 6.58. The van der Waals surface area contributed by atoms with Crippen LogP contribution in [0.1, 0.15) is 30.7 Å². The summed E-state index contributed by atoms with van der Waals surface area (Å²) < 4.78 is 32.1. The summed E-state index contributed by atoms with van der Waals surface area (Å²) in [6.45, 7) is 3.82. The number of aliphatic carboxylic acids is 1. The maximum atomic E-state index is 12.9. The normalized spacial score (nSPS) is 23.1. The fourth-order valence-electron chi connectivity index (χ4n) is 3.13. The van der Waals surface area contributed by atoms with Gasteiger partial charge in [0.05, 0.1) is 16.8 Å². The fraction of sp³-hybridized carbons (Fsp3) is 0.714. The predicted molar refractivity (Wildman–Crippen MR) is 82.6 cm³/mol. The van der Waals surface area contributed by atoms with Crippen LogP contribution in [-0.4, -0.2) is 60.8 Å². The topological polar surface area (TPSA) is 113 Å². The third kappa shape index (κ3) is 3.26. The highest BCUT2D eigenvalue weighted by atomic mass is 32.2. The van der Waals surface area contributed by atoms with Crippen LogP contribution in [0, 0.1) is 19.3 Å². The first-order valence-electron chi connectivity index (χ1n) is 7.49. The second-order valence-electron chi connectivity index (χ2n) is 6.03. The zero-order valence-electron chi connectivity index (χ0n) is 13.6. The zero-order chi connectivity index (χ0) is 17.3. The Hall–Kier alpha value is -1.45. The molecule has 23 heavy (non-hydrogen) atoms. The molecule has 0 unspecified atom stereocenters. The van der Waals surface area contributed by atoms with Gasteiger partial charge in [-0.25, -0.2) is 8.42 Å². The van der Waals surface area contributed by atoms with E-state index in [2.05, 4.69) is 10.2 Å². The van der Waals surface area contributed by atoms with Crippen molar-refractivity contribution < 1.29 is 23.1 Å². The number of carboxylic acids is 1. The number of hydrogen-bond donors (Lipinski definition) is 2. The molecule has 1 atom stereocenters. The third-order valence-electron chi connectivity index (χ3n) is 4.44. The Labute approximate surface area is 135 Å². The van der Waals surface area contributed by atoms with Gasteiger partial charge in [0.2, 0.25) is 10.0 Å². The number of nitrogens with zero attached hydrogens (tertiary/aromatic N) is 2. The summed E-state index contributed by atoms with van der Waals surface area (Å²) in [6.07, 6.45) is 1.24. The van der Waals surface area contributed by atoms with E-state index in [0.717, 1.165) is 0 Å².